The summed E-state index contributed by atoms with van der Waals surface area (Å²) in [6.45, 7) is 9.12. The molecule has 4 rings (SSSR count). The van der Waals surface area contributed by atoms with E-state index in [9.17, 15) is 13.2 Å². The van der Waals surface area contributed by atoms with E-state index in [0.29, 0.717) is 48.5 Å². The monoisotopic (exact) mass is 600 g/mol. The molecule has 3 heterocycles. The van der Waals surface area contributed by atoms with E-state index >= 15 is 0 Å². The molecule has 14 nitrogen and oxygen atoms in total. The molecule has 3 aromatic rings. The van der Waals surface area contributed by atoms with Crippen LogP contribution in [0.1, 0.15) is 39.8 Å². The zero-order valence-corrected chi connectivity index (χ0v) is 25.1. The molecule has 1 saturated heterocycles. The number of fused-ring (bicyclic) bond motifs is 1. The fraction of sp³-hybridized carbons (Fsp3) is 0.542. The average molecular weight is 601 g/mol. The first kappa shape index (κ1) is 31.9. The lowest BCUT2D eigenvalue weighted by Gasteiger charge is -2.41. The predicted molar refractivity (Wildman–Crippen MR) is 149 cm³/mol. The Morgan fingerprint density at radius 2 is 1.73 bits per heavy atom. The number of aromatic nitrogens is 4. The number of hydrogen-bond donors (Lipinski definition) is 4. The van der Waals surface area contributed by atoms with Gasteiger partial charge < -0.3 is 24.4 Å². The van der Waals surface area contributed by atoms with Gasteiger partial charge in [0.05, 0.1) is 22.8 Å². The highest BCUT2D eigenvalue weighted by atomic mass is 32.2. The minimum absolute atomic E-state index is 0.0960. The lowest BCUT2D eigenvalue weighted by atomic mass is 10.1. The molecule has 0 aliphatic carbocycles. The Hall–Kier alpha value is -2.65. The number of hydrogen-bond acceptors (Lipinski definition) is 8. The van der Waals surface area contributed by atoms with Gasteiger partial charge in [0, 0.05) is 32.2 Å². The van der Waals surface area contributed by atoms with E-state index in [1.54, 1.807) is 25.2 Å². The lowest BCUT2D eigenvalue weighted by Crippen LogP contribution is -2.56. The third-order valence-electron chi connectivity index (χ3n) is 6.72. The molecule has 0 bridgehead atoms. The summed E-state index contributed by atoms with van der Waals surface area (Å²) in [5.74, 6) is 0.712. The van der Waals surface area contributed by atoms with Crippen molar-refractivity contribution < 1.29 is 32.4 Å². The number of rotatable bonds is 7. The summed E-state index contributed by atoms with van der Waals surface area (Å²) in [6.07, 6.45) is 1.54. The number of H-pyrrole nitrogens is 1. The van der Waals surface area contributed by atoms with Crippen LogP contribution in [0.4, 0.5) is 0 Å². The van der Waals surface area contributed by atoms with Crippen LogP contribution in [0, 0.1) is 0 Å². The van der Waals surface area contributed by atoms with Crippen molar-refractivity contribution in [1.29, 1.82) is 0 Å². The summed E-state index contributed by atoms with van der Waals surface area (Å²) in [5, 5.41) is 4.47. The van der Waals surface area contributed by atoms with Gasteiger partial charge >= 0.3 is 7.82 Å². The molecule has 0 unspecified atom stereocenters. The van der Waals surface area contributed by atoms with E-state index in [-0.39, 0.29) is 28.4 Å². The standard InChI is InChI=1S/C24H34N6O4S.H3O4P/c1-7-9-19-21-22(29(6)27-19)24(31)26-23(25-21)18-12-17(10-11-20(18)34-8-2)35(32,33)30-13-15(3)28(5)16(4)14-30;1-5(2,3)4/h10-12,15-16H,7-9,13-14H2,1-6H3,(H,25,26,31);(H3,1,2,3,4)/t15-,16+;. The van der Waals surface area contributed by atoms with Gasteiger partial charge in [0.15, 0.2) is 5.52 Å². The maximum absolute atomic E-state index is 13.6. The van der Waals surface area contributed by atoms with Crippen LogP contribution in [0.25, 0.3) is 22.4 Å². The normalized spacial score (nSPS) is 18.9. The van der Waals surface area contributed by atoms with Crippen molar-refractivity contribution in [3.63, 3.8) is 0 Å². The third-order valence-corrected chi connectivity index (χ3v) is 8.55. The molecule has 0 spiro atoms. The van der Waals surface area contributed by atoms with Crippen molar-refractivity contribution in [2.45, 2.75) is 57.5 Å². The SMILES string of the molecule is CCCc1nn(C)c2c(=O)[nH]c(-c3cc(S(=O)(=O)N4C[C@@H](C)N(C)[C@@H](C)C4)ccc3OCC)nc12.O=P(O)(O)O. The first-order chi connectivity index (χ1) is 18.6. The summed E-state index contributed by atoms with van der Waals surface area (Å²) in [4.78, 5) is 44.4. The van der Waals surface area contributed by atoms with E-state index in [4.69, 9.17) is 29.0 Å². The van der Waals surface area contributed by atoms with E-state index in [1.807, 2.05) is 34.7 Å². The van der Waals surface area contributed by atoms with E-state index in [1.165, 1.54) is 8.99 Å². The second-order valence-electron chi connectivity index (χ2n) is 9.72. The molecular weight excluding hydrogens is 563 g/mol. The minimum atomic E-state index is -4.64. The number of likely N-dealkylation sites (N-methyl/N-ethyl adjacent to an activating group) is 1. The topological polar surface area (TPSA) is 191 Å². The van der Waals surface area contributed by atoms with Gasteiger partial charge in [-0.25, -0.2) is 18.0 Å². The van der Waals surface area contributed by atoms with E-state index in [2.05, 4.69) is 15.0 Å². The van der Waals surface area contributed by atoms with Crippen LogP contribution in [0.5, 0.6) is 5.75 Å². The van der Waals surface area contributed by atoms with Gasteiger partial charge in [-0.2, -0.15) is 9.40 Å². The summed E-state index contributed by atoms with van der Waals surface area (Å²) >= 11 is 0. The number of ether oxygens (including phenoxy) is 1. The molecule has 2 atom stereocenters. The fourth-order valence-electron chi connectivity index (χ4n) is 4.62. The molecule has 40 heavy (non-hydrogen) atoms. The van der Waals surface area contributed by atoms with Crippen molar-refractivity contribution in [1.82, 2.24) is 29.0 Å². The van der Waals surface area contributed by atoms with Crippen LogP contribution in [-0.4, -0.2) is 90.9 Å². The van der Waals surface area contributed by atoms with Crippen LogP contribution in [0.15, 0.2) is 27.9 Å². The van der Waals surface area contributed by atoms with Gasteiger partial charge in [-0.1, -0.05) is 13.3 Å². The van der Waals surface area contributed by atoms with Crippen LogP contribution >= 0.6 is 7.82 Å². The Morgan fingerprint density at radius 1 is 1.12 bits per heavy atom. The molecule has 0 amide bonds. The van der Waals surface area contributed by atoms with Gasteiger partial charge in [0.2, 0.25) is 10.0 Å². The molecule has 2 aromatic heterocycles. The molecule has 4 N–H and O–H groups in total. The molecule has 1 fully saturated rings. The second-order valence-corrected chi connectivity index (χ2v) is 12.7. The molecule has 1 aliphatic rings. The molecule has 16 heteroatoms. The van der Waals surface area contributed by atoms with Gasteiger partial charge in [-0.3, -0.25) is 14.4 Å². The zero-order chi connectivity index (χ0) is 30.0. The average Bonchev–Trinajstić information content (AvgIpc) is 3.17. The number of aromatic amines is 1. The van der Waals surface area contributed by atoms with Crippen molar-refractivity contribution in [2.24, 2.45) is 7.05 Å². The van der Waals surface area contributed by atoms with Gasteiger partial charge in [0.25, 0.3) is 5.56 Å². The lowest BCUT2D eigenvalue weighted by molar-refractivity contribution is 0.105. The second kappa shape index (κ2) is 12.5. The minimum Gasteiger partial charge on any atom is -0.493 e. The van der Waals surface area contributed by atoms with Crippen LogP contribution in [0.3, 0.4) is 0 Å². The highest BCUT2D eigenvalue weighted by molar-refractivity contribution is 7.89. The molecule has 0 radical (unpaired) electrons. The first-order valence-corrected chi connectivity index (χ1v) is 15.8. The Labute approximate surface area is 232 Å². The Kier molecular flexibility index (Phi) is 9.94. The van der Waals surface area contributed by atoms with Crippen molar-refractivity contribution in [2.75, 3.05) is 26.7 Å². The highest BCUT2D eigenvalue weighted by Crippen LogP contribution is 2.33. The Balaban J connectivity index is 0.000000810. The van der Waals surface area contributed by atoms with Crippen molar-refractivity contribution in [3.05, 3.63) is 34.2 Å². The summed E-state index contributed by atoms with van der Waals surface area (Å²) in [5.41, 5.74) is 1.73. The molecule has 0 saturated carbocycles. The number of phosphoric acid groups is 1. The molecular formula is C24H37N6O8PS. The number of benzene rings is 1. The number of aryl methyl sites for hydroxylation is 2. The molecule has 1 aliphatic heterocycles. The Bertz CT molecular complexity index is 1550. The summed E-state index contributed by atoms with van der Waals surface area (Å²) in [6, 6.07) is 4.93. The van der Waals surface area contributed by atoms with E-state index < -0.39 is 17.8 Å². The highest BCUT2D eigenvalue weighted by Gasteiger charge is 2.35. The number of piperazine rings is 1. The molecule has 1 aromatic carbocycles. The molecule has 222 valence electrons. The smallest absolute Gasteiger partial charge is 0.466 e. The van der Waals surface area contributed by atoms with Crippen LogP contribution in [0.2, 0.25) is 0 Å². The van der Waals surface area contributed by atoms with Gasteiger partial charge in [-0.05, 0) is 52.4 Å². The predicted octanol–water partition coefficient (Wildman–Crippen LogP) is 1.46. The Morgan fingerprint density at radius 3 is 2.27 bits per heavy atom. The zero-order valence-electron chi connectivity index (χ0n) is 23.4. The summed E-state index contributed by atoms with van der Waals surface area (Å²) < 4.78 is 45.0. The maximum Gasteiger partial charge on any atom is 0.466 e. The number of sulfonamides is 1. The first-order valence-electron chi connectivity index (χ1n) is 12.8. The van der Waals surface area contributed by atoms with E-state index in [0.717, 1.165) is 12.1 Å². The number of nitrogens with zero attached hydrogens (tertiary/aromatic N) is 5. The van der Waals surface area contributed by atoms with Crippen LogP contribution in [-0.2, 0) is 28.1 Å². The fourth-order valence-corrected chi connectivity index (χ4v) is 6.25. The number of nitrogens with one attached hydrogen (secondary N) is 1. The quantitative estimate of drug-likeness (QED) is 0.287. The van der Waals surface area contributed by atoms with Crippen molar-refractivity contribution >= 4 is 28.9 Å². The third kappa shape index (κ3) is 7.16. The van der Waals surface area contributed by atoms with Crippen molar-refractivity contribution in [3.8, 4) is 17.1 Å². The maximum atomic E-state index is 13.6. The van der Waals surface area contributed by atoms with Gasteiger partial charge in [0.1, 0.15) is 17.1 Å². The van der Waals surface area contributed by atoms with Crippen LogP contribution < -0.4 is 10.3 Å². The summed E-state index contributed by atoms with van der Waals surface area (Å²) in [7, 11) is -4.67. The largest absolute Gasteiger partial charge is 0.493 e. The van der Waals surface area contributed by atoms with Gasteiger partial charge in [-0.15, -0.1) is 0 Å².